The zero-order valence-electron chi connectivity index (χ0n) is 10.4. The molecule has 1 saturated heterocycles. The van der Waals surface area contributed by atoms with E-state index in [4.69, 9.17) is 5.11 Å². The first kappa shape index (κ1) is 13.9. The molecule has 2 atom stereocenters. The van der Waals surface area contributed by atoms with Gasteiger partial charge >= 0.3 is 5.97 Å². The summed E-state index contributed by atoms with van der Waals surface area (Å²) in [6.45, 7) is 2.90. The summed E-state index contributed by atoms with van der Waals surface area (Å²) in [6.07, 6.45) is 0. The van der Waals surface area contributed by atoms with Gasteiger partial charge in [0.1, 0.15) is 0 Å². The van der Waals surface area contributed by atoms with Gasteiger partial charge in [0.25, 0.3) is 0 Å². The number of hydrogen-bond acceptors (Lipinski definition) is 2. The molecule has 1 heterocycles. The number of carbonyl (C=O) groups is 1. The number of nitrogens with zero attached hydrogens (tertiary/aromatic N) is 1. The van der Waals surface area contributed by atoms with Crippen molar-refractivity contribution in [2.75, 3.05) is 13.1 Å². The molecule has 0 aromatic heterocycles. The molecule has 0 spiro atoms. The first-order valence-corrected chi connectivity index (χ1v) is 5.97. The van der Waals surface area contributed by atoms with Crippen molar-refractivity contribution < 1.29 is 23.1 Å². The molecule has 6 heteroatoms. The highest BCUT2D eigenvalue weighted by Crippen LogP contribution is 2.25. The van der Waals surface area contributed by atoms with Crippen LogP contribution in [0.2, 0.25) is 0 Å². The average molecular weight is 273 g/mol. The summed E-state index contributed by atoms with van der Waals surface area (Å²) in [5.74, 6) is -5.30. The Balaban J connectivity index is 2.09. The molecule has 0 unspecified atom stereocenters. The summed E-state index contributed by atoms with van der Waals surface area (Å²) in [5, 5.41) is 9.00. The first-order chi connectivity index (χ1) is 8.88. The second-order valence-corrected chi connectivity index (χ2v) is 4.99. The van der Waals surface area contributed by atoms with Crippen LogP contribution in [0.5, 0.6) is 0 Å². The molecule has 0 amide bonds. The molecule has 1 N–H and O–H groups in total. The minimum atomic E-state index is -1.48. The van der Waals surface area contributed by atoms with Gasteiger partial charge in [-0.15, -0.1) is 0 Å². The highest BCUT2D eigenvalue weighted by atomic mass is 19.2. The topological polar surface area (TPSA) is 40.5 Å². The lowest BCUT2D eigenvalue weighted by atomic mass is 9.99. The molecule has 2 rings (SSSR count). The number of carboxylic acid groups (broad SMARTS) is 1. The van der Waals surface area contributed by atoms with Crippen molar-refractivity contribution in [2.45, 2.75) is 13.5 Å². The van der Waals surface area contributed by atoms with Crippen LogP contribution < -0.4 is 0 Å². The molecule has 104 valence electrons. The summed E-state index contributed by atoms with van der Waals surface area (Å²) in [4.78, 5) is 12.8. The Morgan fingerprint density at radius 2 is 1.89 bits per heavy atom. The molecule has 1 aliphatic heterocycles. The standard InChI is InChI=1S/C13H14F3NO2/c1-7-4-17(6-9(7)13(18)19)5-8-2-10(14)12(16)11(15)3-8/h2-3,7,9H,4-6H2,1H3,(H,18,19)/t7-,9-/m1/s1. The van der Waals surface area contributed by atoms with Crippen LogP contribution in [0.15, 0.2) is 12.1 Å². The van der Waals surface area contributed by atoms with Crippen LogP contribution in [-0.4, -0.2) is 29.1 Å². The molecule has 0 bridgehead atoms. The van der Waals surface area contributed by atoms with E-state index in [2.05, 4.69) is 0 Å². The Labute approximate surface area is 108 Å². The number of aliphatic carboxylic acids is 1. The van der Waals surface area contributed by atoms with E-state index in [0.717, 1.165) is 12.1 Å². The number of rotatable bonds is 3. The quantitative estimate of drug-likeness (QED) is 0.859. The monoisotopic (exact) mass is 273 g/mol. The van der Waals surface area contributed by atoms with Crippen molar-refractivity contribution in [3.8, 4) is 0 Å². The molecule has 0 saturated carbocycles. The largest absolute Gasteiger partial charge is 0.481 e. The van der Waals surface area contributed by atoms with Gasteiger partial charge in [0.2, 0.25) is 0 Å². The molecular weight excluding hydrogens is 259 g/mol. The number of carboxylic acids is 1. The predicted molar refractivity (Wildman–Crippen MR) is 61.9 cm³/mol. The minimum Gasteiger partial charge on any atom is -0.481 e. The van der Waals surface area contributed by atoms with E-state index in [1.54, 1.807) is 4.90 Å². The van der Waals surface area contributed by atoms with Gasteiger partial charge in [-0.25, -0.2) is 13.2 Å². The van der Waals surface area contributed by atoms with Crippen molar-refractivity contribution in [1.29, 1.82) is 0 Å². The lowest BCUT2D eigenvalue weighted by Gasteiger charge is -2.15. The summed E-state index contributed by atoms with van der Waals surface area (Å²) in [6, 6.07) is 1.88. The maximum absolute atomic E-state index is 13.1. The number of benzene rings is 1. The molecule has 1 aromatic carbocycles. The zero-order chi connectivity index (χ0) is 14.2. The third-order valence-electron chi connectivity index (χ3n) is 3.45. The molecular formula is C13H14F3NO2. The normalized spacial score (nSPS) is 23.8. The van der Waals surface area contributed by atoms with Gasteiger partial charge in [0, 0.05) is 19.6 Å². The fourth-order valence-corrected chi connectivity index (χ4v) is 2.48. The lowest BCUT2D eigenvalue weighted by Crippen LogP contribution is -2.23. The van der Waals surface area contributed by atoms with E-state index in [0.29, 0.717) is 18.7 Å². The second-order valence-electron chi connectivity index (χ2n) is 4.99. The maximum atomic E-state index is 13.1. The fraction of sp³-hybridized carbons (Fsp3) is 0.462. The third kappa shape index (κ3) is 2.89. The third-order valence-corrected chi connectivity index (χ3v) is 3.45. The van der Waals surface area contributed by atoms with Crippen molar-refractivity contribution in [2.24, 2.45) is 11.8 Å². The molecule has 3 nitrogen and oxygen atoms in total. The van der Waals surface area contributed by atoms with Crippen LogP contribution >= 0.6 is 0 Å². The Hall–Kier alpha value is -1.56. The highest BCUT2D eigenvalue weighted by Gasteiger charge is 2.34. The van der Waals surface area contributed by atoms with Gasteiger partial charge in [0.15, 0.2) is 17.5 Å². The van der Waals surface area contributed by atoms with Crippen molar-refractivity contribution in [1.82, 2.24) is 4.90 Å². The summed E-state index contributed by atoms with van der Waals surface area (Å²) >= 11 is 0. The zero-order valence-corrected chi connectivity index (χ0v) is 10.4. The van der Waals surface area contributed by atoms with E-state index >= 15 is 0 Å². The van der Waals surface area contributed by atoms with Crippen LogP contribution in [0.3, 0.4) is 0 Å². The van der Waals surface area contributed by atoms with Crippen LogP contribution in [0, 0.1) is 29.3 Å². The minimum absolute atomic E-state index is 0.0207. The SMILES string of the molecule is C[C@@H]1CN(Cc2cc(F)c(F)c(F)c2)C[C@H]1C(=O)O. The lowest BCUT2D eigenvalue weighted by molar-refractivity contribution is -0.142. The molecule has 1 aliphatic rings. The highest BCUT2D eigenvalue weighted by molar-refractivity contribution is 5.71. The van der Waals surface area contributed by atoms with Gasteiger partial charge in [0.05, 0.1) is 5.92 Å². The first-order valence-electron chi connectivity index (χ1n) is 5.97. The smallest absolute Gasteiger partial charge is 0.308 e. The summed E-state index contributed by atoms with van der Waals surface area (Å²) in [7, 11) is 0. The van der Waals surface area contributed by atoms with Gasteiger partial charge in [-0.05, 0) is 23.6 Å². The van der Waals surface area contributed by atoms with Crippen molar-refractivity contribution >= 4 is 5.97 Å². The second kappa shape index (κ2) is 5.21. The molecule has 19 heavy (non-hydrogen) atoms. The number of halogens is 3. The number of hydrogen-bond donors (Lipinski definition) is 1. The van der Waals surface area contributed by atoms with Crippen molar-refractivity contribution in [3.63, 3.8) is 0 Å². The van der Waals surface area contributed by atoms with Gasteiger partial charge in [-0.1, -0.05) is 6.92 Å². The van der Waals surface area contributed by atoms with E-state index in [9.17, 15) is 18.0 Å². The van der Waals surface area contributed by atoms with Gasteiger partial charge in [-0.2, -0.15) is 0 Å². The van der Waals surface area contributed by atoms with E-state index in [-0.39, 0.29) is 12.5 Å². The van der Waals surface area contributed by atoms with Crippen LogP contribution in [-0.2, 0) is 11.3 Å². The fourth-order valence-electron chi connectivity index (χ4n) is 2.48. The Morgan fingerprint density at radius 3 is 2.37 bits per heavy atom. The molecule has 1 fully saturated rings. The van der Waals surface area contributed by atoms with Crippen LogP contribution in [0.1, 0.15) is 12.5 Å². The van der Waals surface area contributed by atoms with Gasteiger partial charge < -0.3 is 5.11 Å². The average Bonchev–Trinajstić information content (AvgIpc) is 2.67. The molecule has 1 aromatic rings. The predicted octanol–water partition coefficient (Wildman–Crippen LogP) is 2.26. The Morgan fingerprint density at radius 1 is 1.32 bits per heavy atom. The summed E-state index contributed by atoms with van der Waals surface area (Å²) < 4.78 is 38.9. The van der Waals surface area contributed by atoms with E-state index < -0.39 is 29.3 Å². The molecule has 0 aliphatic carbocycles. The summed E-state index contributed by atoms with van der Waals surface area (Å²) in [5.41, 5.74) is 0.301. The maximum Gasteiger partial charge on any atom is 0.308 e. The van der Waals surface area contributed by atoms with Crippen LogP contribution in [0.4, 0.5) is 13.2 Å². The van der Waals surface area contributed by atoms with Crippen LogP contribution in [0.25, 0.3) is 0 Å². The molecule has 0 radical (unpaired) electrons. The van der Waals surface area contributed by atoms with E-state index in [1.165, 1.54) is 0 Å². The Bertz CT molecular complexity index is 484. The Kier molecular flexibility index (Phi) is 3.80. The van der Waals surface area contributed by atoms with Crippen molar-refractivity contribution in [3.05, 3.63) is 35.1 Å². The number of likely N-dealkylation sites (tertiary alicyclic amines) is 1. The van der Waals surface area contributed by atoms with E-state index in [1.807, 2.05) is 6.92 Å². The van der Waals surface area contributed by atoms with Gasteiger partial charge in [-0.3, -0.25) is 9.69 Å².